The van der Waals surface area contributed by atoms with Crippen LogP contribution in [0.5, 0.6) is 0 Å². The van der Waals surface area contributed by atoms with E-state index in [1.807, 2.05) is 4.98 Å². The molecular weight excluding hydrogens is 230 g/mol. The molecule has 0 aliphatic carbocycles. The maximum absolute atomic E-state index is 11.5. The van der Waals surface area contributed by atoms with Gasteiger partial charge in [0.25, 0.3) is 5.56 Å². The molecule has 1 aromatic heterocycles. The van der Waals surface area contributed by atoms with Crippen molar-refractivity contribution in [3.8, 4) is 0 Å². The molecule has 1 aliphatic rings. The van der Waals surface area contributed by atoms with Gasteiger partial charge in [0.1, 0.15) is 6.10 Å². The molecule has 6 N–H and O–H groups in total. The fraction of sp³-hybridized carbons (Fsp3) is 0.556. The molecule has 0 aromatic carbocycles. The summed E-state index contributed by atoms with van der Waals surface area (Å²) in [6.45, 7) is -0.365. The molecule has 2 rings (SSSR count). The van der Waals surface area contributed by atoms with Crippen LogP contribution in [0.4, 0.5) is 0 Å². The first kappa shape index (κ1) is 12.0. The lowest BCUT2D eigenvalue weighted by Crippen LogP contribution is -2.36. The van der Waals surface area contributed by atoms with Gasteiger partial charge in [-0.1, -0.05) is 0 Å². The van der Waals surface area contributed by atoms with Crippen LogP contribution in [0.15, 0.2) is 15.8 Å². The van der Waals surface area contributed by atoms with Crippen LogP contribution in [0, 0.1) is 0 Å². The fourth-order valence-electron chi connectivity index (χ4n) is 1.95. The average Bonchev–Trinajstić information content (AvgIpc) is 2.57. The van der Waals surface area contributed by atoms with Crippen LogP contribution >= 0.6 is 0 Å². The van der Waals surface area contributed by atoms with Gasteiger partial charge in [0, 0.05) is 6.20 Å². The Bertz CT molecular complexity index is 510. The zero-order valence-electron chi connectivity index (χ0n) is 8.75. The first-order valence-corrected chi connectivity index (χ1v) is 5.09. The van der Waals surface area contributed by atoms with E-state index in [2.05, 4.69) is 10.3 Å². The minimum atomic E-state index is -1.22. The Labute approximate surface area is 94.9 Å². The van der Waals surface area contributed by atoms with E-state index in [0.29, 0.717) is 0 Å². The molecule has 0 spiro atoms. The molecule has 2 heterocycles. The van der Waals surface area contributed by atoms with Gasteiger partial charge in [0.05, 0.1) is 30.4 Å². The Morgan fingerprint density at radius 2 is 1.94 bits per heavy atom. The fourth-order valence-corrected chi connectivity index (χ4v) is 1.95. The van der Waals surface area contributed by atoms with Crippen LogP contribution in [0.25, 0.3) is 0 Å². The number of aromatic amines is 2. The number of aromatic nitrogens is 2. The highest BCUT2D eigenvalue weighted by Gasteiger charge is 2.42. The second-order valence-electron chi connectivity index (χ2n) is 3.94. The molecule has 0 saturated carbocycles. The number of hydrogen-bond donors (Lipinski definition) is 6. The normalized spacial score (nSPS) is 32.9. The molecule has 1 fully saturated rings. The van der Waals surface area contributed by atoms with E-state index >= 15 is 0 Å². The maximum Gasteiger partial charge on any atom is 0.325 e. The van der Waals surface area contributed by atoms with Crippen molar-refractivity contribution in [3.63, 3.8) is 0 Å². The Morgan fingerprint density at radius 1 is 1.24 bits per heavy atom. The lowest BCUT2D eigenvalue weighted by molar-refractivity contribution is 0.0193. The molecule has 8 nitrogen and oxygen atoms in total. The van der Waals surface area contributed by atoms with Crippen LogP contribution in [-0.2, 0) is 0 Å². The van der Waals surface area contributed by atoms with E-state index < -0.39 is 35.5 Å². The van der Waals surface area contributed by atoms with Crippen molar-refractivity contribution >= 4 is 0 Å². The monoisotopic (exact) mass is 243 g/mol. The molecule has 4 atom stereocenters. The number of nitrogens with one attached hydrogen (secondary N) is 3. The van der Waals surface area contributed by atoms with Crippen LogP contribution < -0.4 is 16.6 Å². The van der Waals surface area contributed by atoms with Crippen molar-refractivity contribution in [2.24, 2.45) is 0 Å². The summed E-state index contributed by atoms with van der Waals surface area (Å²) in [5.41, 5.74) is -1.19. The zero-order valence-corrected chi connectivity index (χ0v) is 8.75. The van der Waals surface area contributed by atoms with Gasteiger partial charge in [-0.15, -0.1) is 0 Å². The molecule has 1 aliphatic heterocycles. The highest BCUT2D eigenvalue weighted by atomic mass is 16.3. The summed E-state index contributed by atoms with van der Waals surface area (Å²) in [6.07, 6.45) is -1.22. The van der Waals surface area contributed by atoms with Gasteiger partial charge in [0.2, 0.25) is 0 Å². The second-order valence-corrected chi connectivity index (χ2v) is 3.94. The molecule has 0 bridgehead atoms. The molecule has 1 aromatic rings. The van der Waals surface area contributed by atoms with E-state index in [0.717, 1.165) is 0 Å². The van der Waals surface area contributed by atoms with E-state index in [1.54, 1.807) is 0 Å². The molecule has 0 radical (unpaired) electrons. The minimum absolute atomic E-state index is 0.104. The first-order chi connectivity index (χ1) is 8.04. The minimum Gasteiger partial charge on any atom is -0.395 e. The first-order valence-electron chi connectivity index (χ1n) is 5.09. The third-order valence-electron chi connectivity index (χ3n) is 2.88. The van der Waals surface area contributed by atoms with Crippen molar-refractivity contribution in [2.45, 2.75) is 24.3 Å². The summed E-state index contributed by atoms with van der Waals surface area (Å²) in [5.74, 6) is 0. The number of aliphatic hydroxyl groups excluding tert-OH is 3. The molecule has 17 heavy (non-hydrogen) atoms. The largest absolute Gasteiger partial charge is 0.395 e. The molecule has 94 valence electrons. The standard InChI is InChI=1S/C9H13N3O5/c13-2-4-6(14)7(15)5(11-4)3-1-10-9(17)12-8(3)16/h1,4-7,11,13-15H,2H2,(H2,10,12,16,17)/t4-,5?,6-,7+/m1/s1. The predicted molar refractivity (Wildman–Crippen MR) is 56.4 cm³/mol. The van der Waals surface area contributed by atoms with E-state index in [1.165, 1.54) is 6.20 Å². The van der Waals surface area contributed by atoms with Crippen molar-refractivity contribution in [1.82, 2.24) is 15.3 Å². The number of aliphatic hydroxyl groups is 3. The third kappa shape index (κ3) is 2.03. The summed E-state index contributed by atoms with van der Waals surface area (Å²) >= 11 is 0. The molecular formula is C9H13N3O5. The SMILES string of the molecule is O=c1[nH]cc(C2N[C@H](CO)[C@@H](O)[C@H]2O)c(=O)[nH]1. The van der Waals surface area contributed by atoms with Crippen LogP contribution in [0.1, 0.15) is 11.6 Å². The lowest BCUT2D eigenvalue weighted by atomic mass is 10.0. The number of rotatable bonds is 2. The summed E-state index contributed by atoms with van der Waals surface area (Å²) in [4.78, 5) is 26.6. The van der Waals surface area contributed by atoms with Crippen molar-refractivity contribution in [2.75, 3.05) is 6.61 Å². The zero-order chi connectivity index (χ0) is 12.6. The van der Waals surface area contributed by atoms with Crippen molar-refractivity contribution in [1.29, 1.82) is 0 Å². The lowest BCUT2D eigenvalue weighted by Gasteiger charge is -2.14. The number of hydrogen-bond acceptors (Lipinski definition) is 6. The highest BCUT2D eigenvalue weighted by Crippen LogP contribution is 2.24. The van der Waals surface area contributed by atoms with Crippen LogP contribution in [0.2, 0.25) is 0 Å². The average molecular weight is 243 g/mol. The summed E-state index contributed by atoms with van der Waals surface area (Å²) in [6, 6.07) is -1.54. The number of H-pyrrole nitrogens is 2. The van der Waals surface area contributed by atoms with Crippen molar-refractivity contribution in [3.05, 3.63) is 32.6 Å². The highest BCUT2D eigenvalue weighted by molar-refractivity contribution is 5.17. The molecule has 8 heteroatoms. The van der Waals surface area contributed by atoms with Crippen LogP contribution in [-0.4, -0.2) is 50.1 Å². The Hall–Kier alpha value is -1.48. The Morgan fingerprint density at radius 3 is 2.47 bits per heavy atom. The van der Waals surface area contributed by atoms with Gasteiger partial charge in [-0.05, 0) is 0 Å². The van der Waals surface area contributed by atoms with Gasteiger partial charge >= 0.3 is 5.69 Å². The summed E-state index contributed by atoms with van der Waals surface area (Å²) in [7, 11) is 0. The van der Waals surface area contributed by atoms with E-state index in [4.69, 9.17) is 5.11 Å². The Balaban J connectivity index is 2.35. The summed E-state index contributed by atoms with van der Waals surface area (Å²) < 4.78 is 0. The van der Waals surface area contributed by atoms with E-state index in [9.17, 15) is 19.8 Å². The quantitative estimate of drug-likeness (QED) is 0.323. The van der Waals surface area contributed by atoms with Gasteiger partial charge in [0.15, 0.2) is 0 Å². The second kappa shape index (κ2) is 4.41. The van der Waals surface area contributed by atoms with Gasteiger partial charge in [-0.3, -0.25) is 15.1 Å². The van der Waals surface area contributed by atoms with Crippen molar-refractivity contribution < 1.29 is 15.3 Å². The van der Waals surface area contributed by atoms with E-state index in [-0.39, 0.29) is 12.2 Å². The third-order valence-corrected chi connectivity index (χ3v) is 2.88. The molecule has 1 saturated heterocycles. The molecule has 1 unspecified atom stereocenters. The summed E-state index contributed by atoms with van der Waals surface area (Å²) in [5, 5.41) is 31.0. The smallest absolute Gasteiger partial charge is 0.325 e. The maximum atomic E-state index is 11.5. The van der Waals surface area contributed by atoms with Gasteiger partial charge in [-0.2, -0.15) is 0 Å². The Kier molecular flexibility index (Phi) is 3.11. The van der Waals surface area contributed by atoms with Crippen LogP contribution in [0.3, 0.4) is 0 Å². The van der Waals surface area contributed by atoms with Gasteiger partial charge in [-0.25, -0.2) is 4.79 Å². The topological polar surface area (TPSA) is 138 Å². The predicted octanol–water partition coefficient (Wildman–Crippen LogP) is -3.21. The van der Waals surface area contributed by atoms with Gasteiger partial charge < -0.3 is 20.3 Å². The molecule has 0 amide bonds.